The maximum Gasteiger partial charge on any atom is 0.236 e. The van der Waals surface area contributed by atoms with E-state index in [2.05, 4.69) is 0 Å². The van der Waals surface area contributed by atoms with Crippen molar-refractivity contribution in [1.82, 2.24) is 4.90 Å². The molecule has 2 aromatic rings. The average Bonchev–Trinajstić information content (AvgIpc) is 2.77. The zero-order chi connectivity index (χ0) is 14.8. The smallest absolute Gasteiger partial charge is 0.236 e. The SMILES string of the molecule is C[C@@H]1S[C@@H](c2ccccc2Cl)N(Cc2ccccc2)C1=O. The standard InChI is InChI=1S/C17H16ClNOS/c1-12-16(20)19(11-13-7-3-2-4-8-13)17(21-12)14-9-5-6-10-15(14)18/h2-10,12,17H,11H2,1H3/t12-,17-/m0/s1. The highest BCUT2D eigenvalue weighted by molar-refractivity contribution is 8.01. The summed E-state index contributed by atoms with van der Waals surface area (Å²) in [6, 6.07) is 17.8. The lowest BCUT2D eigenvalue weighted by molar-refractivity contribution is -0.130. The van der Waals surface area contributed by atoms with Crippen molar-refractivity contribution in [3.8, 4) is 0 Å². The largest absolute Gasteiger partial charge is 0.321 e. The Labute approximate surface area is 134 Å². The summed E-state index contributed by atoms with van der Waals surface area (Å²) in [5.74, 6) is 0.175. The first-order valence-corrected chi connectivity index (χ1v) is 8.23. The number of rotatable bonds is 3. The van der Waals surface area contributed by atoms with Crippen molar-refractivity contribution in [3.05, 3.63) is 70.7 Å². The molecule has 4 heteroatoms. The number of hydrogen-bond donors (Lipinski definition) is 0. The van der Waals surface area contributed by atoms with Gasteiger partial charge in [-0.05, 0) is 18.6 Å². The highest BCUT2D eigenvalue weighted by Gasteiger charge is 2.39. The van der Waals surface area contributed by atoms with E-state index in [1.807, 2.05) is 66.4 Å². The minimum atomic E-state index is -0.0324. The number of halogens is 1. The van der Waals surface area contributed by atoms with Gasteiger partial charge in [-0.3, -0.25) is 4.79 Å². The highest BCUT2D eigenvalue weighted by atomic mass is 35.5. The molecule has 0 N–H and O–H groups in total. The molecular formula is C17H16ClNOS. The van der Waals surface area contributed by atoms with E-state index in [1.165, 1.54) is 0 Å². The van der Waals surface area contributed by atoms with Crippen LogP contribution in [0.2, 0.25) is 5.02 Å². The van der Waals surface area contributed by atoms with Gasteiger partial charge in [0.15, 0.2) is 0 Å². The van der Waals surface area contributed by atoms with Gasteiger partial charge >= 0.3 is 0 Å². The molecule has 21 heavy (non-hydrogen) atoms. The monoisotopic (exact) mass is 317 g/mol. The fourth-order valence-electron chi connectivity index (χ4n) is 2.53. The van der Waals surface area contributed by atoms with Crippen LogP contribution in [0.25, 0.3) is 0 Å². The van der Waals surface area contributed by atoms with Gasteiger partial charge in [0.25, 0.3) is 0 Å². The Morgan fingerprint density at radius 1 is 1.10 bits per heavy atom. The summed E-state index contributed by atoms with van der Waals surface area (Å²) in [5.41, 5.74) is 2.15. The Balaban J connectivity index is 1.92. The summed E-state index contributed by atoms with van der Waals surface area (Å²) in [6.45, 7) is 2.58. The molecular weight excluding hydrogens is 302 g/mol. The fourth-order valence-corrected chi connectivity index (χ4v) is 4.15. The van der Waals surface area contributed by atoms with E-state index in [0.29, 0.717) is 6.54 Å². The van der Waals surface area contributed by atoms with Gasteiger partial charge in [0, 0.05) is 17.1 Å². The van der Waals surface area contributed by atoms with E-state index < -0.39 is 0 Å². The summed E-state index contributed by atoms with van der Waals surface area (Å²) in [6.07, 6.45) is 0. The normalized spacial score (nSPS) is 21.8. The number of carbonyl (C=O) groups excluding carboxylic acids is 1. The fraction of sp³-hybridized carbons (Fsp3) is 0.235. The molecule has 2 nitrogen and oxygen atoms in total. The van der Waals surface area contributed by atoms with E-state index in [1.54, 1.807) is 11.8 Å². The lowest BCUT2D eigenvalue weighted by atomic mass is 10.1. The molecule has 1 aliphatic heterocycles. The average molecular weight is 318 g/mol. The first-order chi connectivity index (χ1) is 10.2. The number of thioether (sulfide) groups is 1. The van der Waals surface area contributed by atoms with Gasteiger partial charge in [-0.25, -0.2) is 0 Å². The number of amides is 1. The van der Waals surface area contributed by atoms with Crippen molar-refractivity contribution in [3.63, 3.8) is 0 Å². The van der Waals surface area contributed by atoms with Crippen LogP contribution >= 0.6 is 23.4 Å². The lowest BCUT2D eigenvalue weighted by Gasteiger charge is -2.25. The van der Waals surface area contributed by atoms with Gasteiger partial charge in [-0.1, -0.05) is 60.1 Å². The topological polar surface area (TPSA) is 20.3 Å². The van der Waals surface area contributed by atoms with Gasteiger partial charge in [-0.2, -0.15) is 0 Å². The van der Waals surface area contributed by atoms with Crippen LogP contribution in [-0.2, 0) is 11.3 Å². The van der Waals surface area contributed by atoms with Gasteiger partial charge in [0.1, 0.15) is 5.37 Å². The van der Waals surface area contributed by atoms with E-state index in [0.717, 1.165) is 16.1 Å². The molecule has 3 rings (SSSR count). The first kappa shape index (κ1) is 14.5. The maximum absolute atomic E-state index is 12.5. The molecule has 1 fully saturated rings. The Bertz CT molecular complexity index is 646. The van der Waals surface area contributed by atoms with Gasteiger partial charge in [-0.15, -0.1) is 11.8 Å². The lowest BCUT2D eigenvalue weighted by Crippen LogP contribution is -2.29. The summed E-state index contributed by atoms with van der Waals surface area (Å²) in [7, 11) is 0. The van der Waals surface area contributed by atoms with Crippen molar-refractivity contribution < 1.29 is 4.79 Å². The zero-order valence-corrected chi connectivity index (χ0v) is 13.3. The minimum Gasteiger partial charge on any atom is -0.321 e. The molecule has 1 saturated heterocycles. The van der Waals surface area contributed by atoms with Crippen LogP contribution in [0.15, 0.2) is 54.6 Å². The molecule has 0 saturated carbocycles. The molecule has 1 aliphatic rings. The highest BCUT2D eigenvalue weighted by Crippen LogP contribution is 2.45. The van der Waals surface area contributed by atoms with Crippen LogP contribution in [0.1, 0.15) is 23.4 Å². The summed E-state index contributed by atoms with van der Waals surface area (Å²) in [4.78, 5) is 14.4. The number of benzene rings is 2. The third-order valence-electron chi connectivity index (χ3n) is 3.61. The second-order valence-corrected chi connectivity index (χ2v) is 6.94. The maximum atomic E-state index is 12.5. The van der Waals surface area contributed by atoms with Crippen molar-refractivity contribution in [2.45, 2.75) is 24.1 Å². The molecule has 0 aliphatic carbocycles. The second-order valence-electron chi connectivity index (χ2n) is 5.10. The van der Waals surface area contributed by atoms with Crippen molar-refractivity contribution in [1.29, 1.82) is 0 Å². The van der Waals surface area contributed by atoms with Crippen LogP contribution in [0.4, 0.5) is 0 Å². The predicted molar refractivity (Wildman–Crippen MR) is 88.2 cm³/mol. The third kappa shape index (κ3) is 2.94. The van der Waals surface area contributed by atoms with Crippen LogP contribution < -0.4 is 0 Å². The van der Waals surface area contributed by atoms with Gasteiger partial charge in [0.05, 0.1) is 5.25 Å². The van der Waals surface area contributed by atoms with Crippen LogP contribution in [0.3, 0.4) is 0 Å². The Morgan fingerprint density at radius 2 is 1.76 bits per heavy atom. The molecule has 0 unspecified atom stereocenters. The number of nitrogens with zero attached hydrogens (tertiary/aromatic N) is 1. The molecule has 0 aromatic heterocycles. The van der Waals surface area contributed by atoms with E-state index in [4.69, 9.17) is 11.6 Å². The van der Waals surface area contributed by atoms with Gasteiger partial charge < -0.3 is 4.90 Å². The Kier molecular flexibility index (Phi) is 4.22. The first-order valence-electron chi connectivity index (χ1n) is 6.91. The quantitative estimate of drug-likeness (QED) is 0.830. The van der Waals surface area contributed by atoms with Crippen molar-refractivity contribution in [2.75, 3.05) is 0 Å². The van der Waals surface area contributed by atoms with Crippen molar-refractivity contribution >= 4 is 29.3 Å². The van der Waals surface area contributed by atoms with Crippen molar-refractivity contribution in [2.24, 2.45) is 0 Å². The third-order valence-corrected chi connectivity index (χ3v) is 5.33. The van der Waals surface area contributed by atoms with E-state index in [9.17, 15) is 4.79 Å². The minimum absolute atomic E-state index is 0.0126. The zero-order valence-electron chi connectivity index (χ0n) is 11.7. The Hall–Kier alpha value is -1.45. The molecule has 0 bridgehead atoms. The van der Waals surface area contributed by atoms with E-state index in [-0.39, 0.29) is 16.5 Å². The molecule has 108 valence electrons. The Morgan fingerprint density at radius 3 is 2.48 bits per heavy atom. The summed E-state index contributed by atoms with van der Waals surface area (Å²) >= 11 is 7.98. The second kappa shape index (κ2) is 6.12. The molecule has 1 heterocycles. The summed E-state index contributed by atoms with van der Waals surface area (Å²) in [5, 5.41) is 0.673. The van der Waals surface area contributed by atoms with E-state index >= 15 is 0 Å². The molecule has 2 aromatic carbocycles. The van der Waals surface area contributed by atoms with Crippen LogP contribution in [-0.4, -0.2) is 16.1 Å². The number of carbonyl (C=O) groups is 1. The van der Waals surface area contributed by atoms with Crippen LogP contribution in [0.5, 0.6) is 0 Å². The molecule has 2 atom stereocenters. The molecule has 1 amide bonds. The molecule has 0 spiro atoms. The van der Waals surface area contributed by atoms with Gasteiger partial charge in [0.2, 0.25) is 5.91 Å². The molecule has 0 radical (unpaired) electrons. The summed E-state index contributed by atoms with van der Waals surface area (Å²) < 4.78 is 0. The number of hydrogen-bond acceptors (Lipinski definition) is 2. The van der Waals surface area contributed by atoms with Crippen LogP contribution in [0, 0.1) is 0 Å². The predicted octanol–water partition coefficient (Wildman–Crippen LogP) is 4.50.